The standard InChI is InChI=1S/C25H34O4/c1-17(2)24(26,19-13-9-7-10-14-19)21-22(29-23(5,6)28-21)25(27,18(3)4)20-15-11-8-12-16-20/h7-18,21-22,26-27H,1-6H3/t21-,22-,24-,25+/m1/s1. The van der Waals surface area contributed by atoms with E-state index in [0.717, 1.165) is 11.1 Å². The van der Waals surface area contributed by atoms with Gasteiger partial charge in [-0.3, -0.25) is 0 Å². The van der Waals surface area contributed by atoms with E-state index in [1.54, 1.807) is 0 Å². The van der Waals surface area contributed by atoms with Gasteiger partial charge in [0.05, 0.1) is 0 Å². The zero-order valence-electron chi connectivity index (χ0n) is 18.3. The van der Waals surface area contributed by atoms with Gasteiger partial charge in [0.25, 0.3) is 0 Å². The molecule has 0 saturated carbocycles. The molecule has 4 atom stereocenters. The molecule has 0 aliphatic carbocycles. The summed E-state index contributed by atoms with van der Waals surface area (Å²) in [5, 5.41) is 24.1. The maximum Gasteiger partial charge on any atom is 0.164 e. The predicted molar refractivity (Wildman–Crippen MR) is 114 cm³/mol. The zero-order chi connectivity index (χ0) is 21.4. The van der Waals surface area contributed by atoms with E-state index in [1.807, 2.05) is 102 Å². The van der Waals surface area contributed by atoms with Crippen molar-refractivity contribution in [3.63, 3.8) is 0 Å². The van der Waals surface area contributed by atoms with Gasteiger partial charge in [0.1, 0.15) is 23.4 Å². The predicted octanol–water partition coefficient (Wildman–Crippen LogP) is 4.59. The van der Waals surface area contributed by atoms with Gasteiger partial charge in [-0.25, -0.2) is 0 Å². The lowest BCUT2D eigenvalue weighted by Gasteiger charge is -2.45. The van der Waals surface area contributed by atoms with Crippen LogP contribution in [0.5, 0.6) is 0 Å². The molecular weight excluding hydrogens is 364 g/mol. The van der Waals surface area contributed by atoms with E-state index >= 15 is 0 Å². The van der Waals surface area contributed by atoms with E-state index in [1.165, 1.54) is 0 Å². The van der Waals surface area contributed by atoms with Gasteiger partial charge < -0.3 is 19.7 Å². The Balaban J connectivity index is 2.18. The second-order valence-electron chi connectivity index (χ2n) is 9.17. The summed E-state index contributed by atoms with van der Waals surface area (Å²) in [5.41, 5.74) is -1.16. The van der Waals surface area contributed by atoms with Gasteiger partial charge in [0, 0.05) is 0 Å². The number of aliphatic hydroxyl groups is 2. The first-order chi connectivity index (χ1) is 13.5. The van der Waals surface area contributed by atoms with Crippen LogP contribution in [0.15, 0.2) is 60.7 Å². The Kier molecular flexibility index (Phi) is 5.94. The Bertz CT molecular complexity index is 735. The van der Waals surface area contributed by atoms with E-state index in [2.05, 4.69) is 0 Å². The molecule has 2 aromatic carbocycles. The Morgan fingerprint density at radius 1 is 0.690 bits per heavy atom. The van der Waals surface area contributed by atoms with Crippen LogP contribution in [0.1, 0.15) is 52.7 Å². The minimum absolute atomic E-state index is 0.165. The van der Waals surface area contributed by atoms with E-state index in [-0.39, 0.29) is 11.8 Å². The Morgan fingerprint density at radius 2 is 1.00 bits per heavy atom. The van der Waals surface area contributed by atoms with Gasteiger partial charge in [-0.15, -0.1) is 0 Å². The first-order valence-corrected chi connectivity index (χ1v) is 10.4. The van der Waals surface area contributed by atoms with Crippen molar-refractivity contribution in [2.24, 2.45) is 11.8 Å². The lowest BCUT2D eigenvalue weighted by Crippen LogP contribution is -2.57. The molecule has 2 N–H and O–H groups in total. The van der Waals surface area contributed by atoms with Crippen LogP contribution < -0.4 is 0 Å². The van der Waals surface area contributed by atoms with Crippen molar-refractivity contribution in [1.82, 2.24) is 0 Å². The second-order valence-corrected chi connectivity index (χ2v) is 9.17. The molecule has 158 valence electrons. The molecule has 1 aliphatic rings. The summed E-state index contributed by atoms with van der Waals surface area (Å²) in [5.74, 6) is -1.27. The Morgan fingerprint density at radius 3 is 1.28 bits per heavy atom. The molecule has 0 radical (unpaired) electrons. The summed E-state index contributed by atoms with van der Waals surface area (Å²) in [6, 6.07) is 19.1. The molecule has 0 unspecified atom stereocenters. The van der Waals surface area contributed by atoms with E-state index in [0.29, 0.717) is 0 Å². The van der Waals surface area contributed by atoms with Gasteiger partial charge in [0.15, 0.2) is 5.79 Å². The first-order valence-electron chi connectivity index (χ1n) is 10.4. The van der Waals surface area contributed by atoms with Crippen LogP contribution in [-0.4, -0.2) is 28.2 Å². The van der Waals surface area contributed by atoms with Crippen LogP contribution in [0, 0.1) is 11.8 Å². The van der Waals surface area contributed by atoms with Gasteiger partial charge >= 0.3 is 0 Å². The molecule has 29 heavy (non-hydrogen) atoms. The monoisotopic (exact) mass is 398 g/mol. The molecule has 0 bridgehead atoms. The first kappa shape index (κ1) is 22.0. The average Bonchev–Trinajstić information content (AvgIpc) is 3.04. The van der Waals surface area contributed by atoms with E-state index in [9.17, 15) is 10.2 Å². The summed E-state index contributed by atoms with van der Waals surface area (Å²) < 4.78 is 12.7. The van der Waals surface area contributed by atoms with Crippen molar-refractivity contribution in [1.29, 1.82) is 0 Å². The lowest BCUT2D eigenvalue weighted by molar-refractivity contribution is -0.185. The summed E-state index contributed by atoms with van der Waals surface area (Å²) in [6.45, 7) is 11.5. The largest absolute Gasteiger partial charge is 0.382 e. The molecule has 0 amide bonds. The molecule has 2 aromatic rings. The van der Waals surface area contributed by atoms with Crippen LogP contribution in [-0.2, 0) is 20.7 Å². The fourth-order valence-corrected chi connectivity index (χ4v) is 4.47. The average molecular weight is 399 g/mol. The summed E-state index contributed by atoms with van der Waals surface area (Å²) >= 11 is 0. The van der Waals surface area contributed by atoms with Gasteiger partial charge in [-0.1, -0.05) is 88.4 Å². The van der Waals surface area contributed by atoms with Crippen molar-refractivity contribution >= 4 is 0 Å². The number of ether oxygens (including phenoxy) is 2. The highest BCUT2D eigenvalue weighted by Crippen LogP contribution is 2.50. The normalized spacial score (nSPS) is 25.7. The molecular formula is C25H34O4. The van der Waals surface area contributed by atoms with Crippen molar-refractivity contribution in [2.75, 3.05) is 0 Å². The van der Waals surface area contributed by atoms with Crippen molar-refractivity contribution in [2.45, 2.75) is 70.7 Å². The smallest absolute Gasteiger partial charge is 0.164 e. The molecule has 0 aromatic heterocycles. The molecule has 1 aliphatic heterocycles. The number of benzene rings is 2. The van der Waals surface area contributed by atoms with Crippen molar-refractivity contribution in [3.05, 3.63) is 71.8 Å². The third kappa shape index (κ3) is 3.75. The SMILES string of the molecule is CC(C)[C@](O)(c1ccccc1)[C@@H]1OC(C)(C)O[C@H]1[C@](O)(c1ccccc1)C(C)C. The highest BCUT2D eigenvalue weighted by atomic mass is 16.8. The van der Waals surface area contributed by atoms with Crippen LogP contribution >= 0.6 is 0 Å². The molecule has 4 heteroatoms. The number of hydrogen-bond donors (Lipinski definition) is 2. The molecule has 1 fully saturated rings. The quantitative estimate of drug-likeness (QED) is 0.747. The number of hydrogen-bond acceptors (Lipinski definition) is 4. The zero-order valence-corrected chi connectivity index (χ0v) is 18.3. The molecule has 0 spiro atoms. The highest BCUT2D eigenvalue weighted by molar-refractivity contribution is 5.30. The third-order valence-electron chi connectivity index (χ3n) is 6.20. The minimum atomic E-state index is -1.34. The Hall–Kier alpha value is -1.72. The lowest BCUT2D eigenvalue weighted by atomic mass is 9.69. The molecule has 3 rings (SSSR count). The summed E-state index contributed by atoms with van der Waals surface area (Å²) in [6.07, 6.45) is -1.51. The number of rotatable bonds is 6. The Labute approximate surface area is 174 Å². The van der Waals surface area contributed by atoms with Crippen molar-refractivity contribution < 1.29 is 19.7 Å². The fraction of sp³-hybridized carbons (Fsp3) is 0.520. The molecule has 1 saturated heterocycles. The van der Waals surface area contributed by atoms with Gasteiger partial charge in [-0.2, -0.15) is 0 Å². The van der Waals surface area contributed by atoms with Crippen molar-refractivity contribution in [3.8, 4) is 0 Å². The van der Waals surface area contributed by atoms with Crippen LogP contribution in [0.2, 0.25) is 0 Å². The van der Waals surface area contributed by atoms with Crippen LogP contribution in [0.4, 0.5) is 0 Å². The third-order valence-corrected chi connectivity index (χ3v) is 6.20. The van der Waals surface area contributed by atoms with Gasteiger partial charge in [-0.05, 0) is 36.8 Å². The second kappa shape index (κ2) is 7.84. The summed E-state index contributed by atoms with van der Waals surface area (Å²) in [4.78, 5) is 0. The molecule has 1 heterocycles. The minimum Gasteiger partial charge on any atom is -0.382 e. The van der Waals surface area contributed by atoms with E-state index in [4.69, 9.17) is 9.47 Å². The maximum atomic E-state index is 12.0. The molecule has 4 nitrogen and oxygen atoms in total. The van der Waals surface area contributed by atoms with E-state index < -0.39 is 29.2 Å². The van der Waals surface area contributed by atoms with Crippen LogP contribution in [0.25, 0.3) is 0 Å². The highest BCUT2D eigenvalue weighted by Gasteiger charge is 2.61. The van der Waals surface area contributed by atoms with Gasteiger partial charge in [0.2, 0.25) is 0 Å². The summed E-state index contributed by atoms with van der Waals surface area (Å²) in [7, 11) is 0. The van der Waals surface area contributed by atoms with Crippen LogP contribution in [0.3, 0.4) is 0 Å². The topological polar surface area (TPSA) is 58.9 Å². The fourth-order valence-electron chi connectivity index (χ4n) is 4.47. The maximum absolute atomic E-state index is 12.0.